The third-order valence-corrected chi connectivity index (χ3v) is 4.90. The van der Waals surface area contributed by atoms with Crippen molar-refractivity contribution in [3.8, 4) is 0 Å². The van der Waals surface area contributed by atoms with Crippen molar-refractivity contribution >= 4 is 11.8 Å². The second kappa shape index (κ2) is 11.0. The lowest BCUT2D eigenvalue weighted by atomic mass is 10.1. The molecule has 0 amide bonds. The first-order chi connectivity index (χ1) is 14.6. The lowest BCUT2D eigenvalue weighted by Gasteiger charge is -2.18. The van der Waals surface area contributed by atoms with Gasteiger partial charge in [-0.15, -0.1) is 0 Å². The summed E-state index contributed by atoms with van der Waals surface area (Å²) >= 11 is 0. The van der Waals surface area contributed by atoms with Gasteiger partial charge in [-0.2, -0.15) is 18.3 Å². The predicted octanol–water partition coefficient (Wildman–Crippen LogP) is 3.44. The Hall–Kier alpha value is -2.78. The Morgan fingerprint density at radius 2 is 2.00 bits per heavy atom. The van der Waals surface area contributed by atoms with Gasteiger partial charge >= 0.3 is 6.18 Å². The van der Waals surface area contributed by atoms with E-state index in [1.165, 1.54) is 11.6 Å². The van der Waals surface area contributed by atoms with Gasteiger partial charge in [0.1, 0.15) is 5.82 Å². The van der Waals surface area contributed by atoms with E-state index in [4.69, 9.17) is 0 Å². The molecule has 0 aromatic carbocycles. The van der Waals surface area contributed by atoms with Crippen LogP contribution in [0.4, 0.5) is 19.0 Å². The van der Waals surface area contributed by atoms with E-state index < -0.39 is 11.7 Å². The van der Waals surface area contributed by atoms with Gasteiger partial charge in [-0.05, 0) is 58.2 Å². The zero-order valence-corrected chi connectivity index (χ0v) is 18.8. The highest BCUT2D eigenvalue weighted by Gasteiger charge is 2.30. The average Bonchev–Trinajstić information content (AvgIpc) is 2.93. The molecule has 0 spiro atoms. The Morgan fingerprint density at radius 1 is 1.26 bits per heavy atom. The van der Waals surface area contributed by atoms with Crippen LogP contribution >= 0.6 is 0 Å². The number of nitrogens with one attached hydrogen (secondary N) is 3. The second-order valence-electron chi connectivity index (χ2n) is 7.49. The van der Waals surface area contributed by atoms with Crippen LogP contribution in [0.15, 0.2) is 23.3 Å². The fourth-order valence-corrected chi connectivity index (χ4v) is 3.18. The number of aryl methyl sites for hydroxylation is 2. The van der Waals surface area contributed by atoms with Gasteiger partial charge in [0.05, 0.1) is 11.3 Å². The van der Waals surface area contributed by atoms with Crippen LogP contribution in [0.1, 0.15) is 42.8 Å². The largest absolute Gasteiger partial charge is 0.417 e. The summed E-state index contributed by atoms with van der Waals surface area (Å²) in [5.74, 6) is 1.15. The Labute approximate surface area is 181 Å². The second-order valence-corrected chi connectivity index (χ2v) is 7.49. The fraction of sp³-hybridized carbons (Fsp3) is 0.571. The Bertz CT molecular complexity index is 857. The normalized spacial score (nSPS) is 13.2. The van der Waals surface area contributed by atoms with Crippen molar-refractivity contribution in [3.63, 3.8) is 0 Å². The van der Waals surface area contributed by atoms with Crippen LogP contribution in [0, 0.1) is 13.8 Å². The minimum atomic E-state index is -4.37. The molecule has 2 heterocycles. The van der Waals surface area contributed by atoms with Crippen molar-refractivity contribution in [3.05, 3.63) is 40.8 Å². The molecule has 0 bridgehead atoms. The van der Waals surface area contributed by atoms with Gasteiger partial charge in [0.25, 0.3) is 0 Å². The molecule has 0 saturated heterocycles. The maximum Gasteiger partial charge on any atom is 0.417 e. The van der Waals surface area contributed by atoms with E-state index in [1.807, 2.05) is 25.6 Å². The van der Waals surface area contributed by atoms with Crippen LogP contribution in [0.25, 0.3) is 0 Å². The van der Waals surface area contributed by atoms with Crippen molar-refractivity contribution in [2.45, 2.75) is 52.8 Å². The molecule has 31 heavy (non-hydrogen) atoms. The molecule has 0 aliphatic rings. The molecular weight excluding hydrogens is 407 g/mol. The minimum Gasteiger partial charge on any atom is -0.370 e. The topological polar surface area (TPSA) is 79.2 Å². The summed E-state index contributed by atoms with van der Waals surface area (Å²) in [5.41, 5.74) is 2.69. The summed E-state index contributed by atoms with van der Waals surface area (Å²) in [4.78, 5) is 8.39. The van der Waals surface area contributed by atoms with Crippen molar-refractivity contribution in [1.82, 2.24) is 25.4 Å². The third kappa shape index (κ3) is 7.45. The molecule has 2 aromatic heterocycles. The summed E-state index contributed by atoms with van der Waals surface area (Å²) in [6, 6.07) is 2.53. The van der Waals surface area contributed by atoms with Crippen LogP contribution in [-0.4, -0.2) is 46.4 Å². The molecule has 2 rings (SSSR count). The molecule has 0 radical (unpaired) electrons. The quantitative estimate of drug-likeness (QED) is 0.317. The highest BCUT2D eigenvalue weighted by molar-refractivity contribution is 5.80. The smallest absolute Gasteiger partial charge is 0.370 e. The molecule has 10 heteroatoms. The van der Waals surface area contributed by atoms with Crippen molar-refractivity contribution in [2.24, 2.45) is 12.0 Å². The Balaban J connectivity index is 1.81. The van der Waals surface area contributed by atoms with Gasteiger partial charge in [0.2, 0.25) is 0 Å². The molecule has 3 N–H and O–H groups in total. The molecule has 0 aliphatic heterocycles. The molecular formula is C21H32F3N7. The number of hydrogen-bond acceptors (Lipinski definition) is 4. The highest BCUT2D eigenvalue weighted by atomic mass is 19.4. The zero-order valence-electron chi connectivity index (χ0n) is 18.8. The first kappa shape index (κ1) is 24.5. The fourth-order valence-electron chi connectivity index (χ4n) is 3.18. The van der Waals surface area contributed by atoms with Crippen LogP contribution in [0.3, 0.4) is 0 Å². The minimum absolute atomic E-state index is 0.175. The number of alkyl halides is 3. The number of anilines is 1. The van der Waals surface area contributed by atoms with Gasteiger partial charge in [0.15, 0.2) is 5.96 Å². The zero-order chi connectivity index (χ0) is 23.0. The molecule has 0 saturated carbocycles. The van der Waals surface area contributed by atoms with Gasteiger partial charge in [0, 0.05) is 44.6 Å². The van der Waals surface area contributed by atoms with Gasteiger partial charge in [-0.3, -0.25) is 9.67 Å². The number of rotatable bonds is 9. The number of halogens is 3. The van der Waals surface area contributed by atoms with E-state index in [1.54, 1.807) is 0 Å². The van der Waals surface area contributed by atoms with Gasteiger partial charge < -0.3 is 16.0 Å². The Kier molecular flexibility index (Phi) is 8.70. The standard InChI is InChI=1S/C21H32F3N7/c1-6-25-20(29-14(2)12-18-15(3)30-31(5)16(18)4)27-11-7-10-26-19-9-8-17(13-28-19)21(22,23)24/h8-9,13-14H,6-7,10-12H2,1-5H3,(H,26,28)(H2,25,27,29). The summed E-state index contributed by atoms with van der Waals surface area (Å²) in [5, 5.41) is 14.1. The number of nitrogens with zero attached hydrogens (tertiary/aromatic N) is 4. The molecule has 1 atom stereocenters. The van der Waals surface area contributed by atoms with Crippen LogP contribution in [0.5, 0.6) is 0 Å². The summed E-state index contributed by atoms with van der Waals surface area (Å²) in [6.45, 7) is 10.1. The molecule has 0 fully saturated rings. The summed E-state index contributed by atoms with van der Waals surface area (Å²) < 4.78 is 39.6. The monoisotopic (exact) mass is 439 g/mol. The van der Waals surface area contributed by atoms with E-state index in [9.17, 15) is 13.2 Å². The maximum atomic E-state index is 12.6. The van der Waals surface area contributed by atoms with E-state index in [-0.39, 0.29) is 6.04 Å². The van der Waals surface area contributed by atoms with Crippen molar-refractivity contribution in [2.75, 3.05) is 25.0 Å². The lowest BCUT2D eigenvalue weighted by Crippen LogP contribution is -2.43. The molecule has 172 valence electrons. The summed E-state index contributed by atoms with van der Waals surface area (Å²) in [6.07, 6.45) is -1.98. The van der Waals surface area contributed by atoms with Crippen LogP contribution in [0.2, 0.25) is 0 Å². The average molecular weight is 440 g/mol. The first-order valence-electron chi connectivity index (χ1n) is 10.4. The van der Waals surface area contributed by atoms with Crippen molar-refractivity contribution < 1.29 is 13.2 Å². The highest BCUT2D eigenvalue weighted by Crippen LogP contribution is 2.28. The van der Waals surface area contributed by atoms with E-state index in [0.717, 1.165) is 42.6 Å². The number of pyridine rings is 1. The van der Waals surface area contributed by atoms with E-state index in [0.29, 0.717) is 25.3 Å². The number of aromatic nitrogens is 3. The number of aliphatic imine (C=N–C) groups is 1. The van der Waals surface area contributed by atoms with Crippen LogP contribution in [-0.2, 0) is 19.6 Å². The van der Waals surface area contributed by atoms with Crippen molar-refractivity contribution in [1.29, 1.82) is 0 Å². The molecule has 7 nitrogen and oxygen atoms in total. The lowest BCUT2D eigenvalue weighted by molar-refractivity contribution is -0.137. The SMILES string of the molecule is CCNC(=NCCCNc1ccc(C(F)(F)F)cn1)NC(C)Cc1c(C)nn(C)c1C. The first-order valence-corrected chi connectivity index (χ1v) is 10.4. The van der Waals surface area contributed by atoms with Gasteiger partial charge in [-0.1, -0.05) is 0 Å². The van der Waals surface area contributed by atoms with E-state index in [2.05, 4.69) is 44.9 Å². The molecule has 2 aromatic rings. The maximum absolute atomic E-state index is 12.6. The Morgan fingerprint density at radius 3 is 2.55 bits per heavy atom. The van der Waals surface area contributed by atoms with Crippen LogP contribution < -0.4 is 16.0 Å². The van der Waals surface area contributed by atoms with Gasteiger partial charge in [-0.25, -0.2) is 4.98 Å². The van der Waals surface area contributed by atoms with E-state index >= 15 is 0 Å². The number of hydrogen-bond donors (Lipinski definition) is 3. The molecule has 1 unspecified atom stereocenters. The third-order valence-electron chi connectivity index (χ3n) is 4.90. The number of guanidine groups is 1. The predicted molar refractivity (Wildman–Crippen MR) is 117 cm³/mol. The summed E-state index contributed by atoms with van der Waals surface area (Å²) in [7, 11) is 1.95. The molecule has 0 aliphatic carbocycles.